The summed E-state index contributed by atoms with van der Waals surface area (Å²) in [4.78, 5) is 21.2. The van der Waals surface area contributed by atoms with E-state index in [9.17, 15) is 4.79 Å². The summed E-state index contributed by atoms with van der Waals surface area (Å²) in [5, 5.41) is 3.67. The van der Waals surface area contributed by atoms with Crippen molar-refractivity contribution in [3.8, 4) is 0 Å². The van der Waals surface area contributed by atoms with Crippen molar-refractivity contribution in [1.82, 2.24) is 14.8 Å². The van der Waals surface area contributed by atoms with Crippen molar-refractivity contribution >= 4 is 34.4 Å². The summed E-state index contributed by atoms with van der Waals surface area (Å²) in [6, 6.07) is 11.3. The number of piperazine rings is 1. The molecule has 0 saturated carbocycles. The molecule has 1 aliphatic rings. The van der Waals surface area contributed by atoms with E-state index in [-0.39, 0.29) is 6.03 Å². The zero-order chi connectivity index (χ0) is 19.7. The van der Waals surface area contributed by atoms with Crippen molar-refractivity contribution in [1.29, 1.82) is 0 Å². The number of aryl methyl sites for hydroxylation is 1. The molecule has 0 aliphatic carbocycles. The summed E-state index contributed by atoms with van der Waals surface area (Å²) in [5.41, 5.74) is 4.66. The van der Waals surface area contributed by atoms with E-state index >= 15 is 0 Å². The van der Waals surface area contributed by atoms with Crippen LogP contribution in [-0.2, 0) is 6.54 Å². The highest BCUT2D eigenvalue weighted by molar-refractivity contribution is 6.31. The Bertz CT molecular complexity index is 1010. The van der Waals surface area contributed by atoms with Gasteiger partial charge in [-0.3, -0.25) is 4.90 Å². The molecule has 7 heteroatoms. The molecule has 2 aromatic carbocycles. The van der Waals surface area contributed by atoms with Crippen LogP contribution >= 0.6 is 11.6 Å². The predicted octanol–water partition coefficient (Wildman–Crippen LogP) is 4.45. The lowest BCUT2D eigenvalue weighted by atomic mass is 10.1. The molecule has 6 nitrogen and oxygen atoms in total. The van der Waals surface area contributed by atoms with Gasteiger partial charge in [0, 0.05) is 43.0 Å². The average Bonchev–Trinajstić information content (AvgIpc) is 3.07. The molecule has 2 heterocycles. The van der Waals surface area contributed by atoms with Crippen LogP contribution in [0.5, 0.6) is 0 Å². The fourth-order valence-corrected chi connectivity index (χ4v) is 3.56. The number of halogens is 1. The Morgan fingerprint density at radius 2 is 1.96 bits per heavy atom. The second-order valence-electron chi connectivity index (χ2n) is 7.16. The van der Waals surface area contributed by atoms with Gasteiger partial charge < -0.3 is 14.6 Å². The molecule has 4 rings (SSSR count). The van der Waals surface area contributed by atoms with Crippen molar-refractivity contribution in [3.05, 3.63) is 58.4 Å². The van der Waals surface area contributed by atoms with Gasteiger partial charge in [0.15, 0.2) is 5.58 Å². The van der Waals surface area contributed by atoms with Crippen LogP contribution < -0.4 is 5.32 Å². The molecule has 1 N–H and O–H groups in total. The normalized spacial score (nSPS) is 15.2. The zero-order valence-corrected chi connectivity index (χ0v) is 16.8. The topological polar surface area (TPSA) is 61.6 Å². The maximum atomic E-state index is 12.6. The number of urea groups is 1. The molecule has 146 valence electrons. The van der Waals surface area contributed by atoms with Gasteiger partial charge in [-0.15, -0.1) is 0 Å². The van der Waals surface area contributed by atoms with Gasteiger partial charge in [-0.05, 0) is 43.2 Å². The highest BCUT2D eigenvalue weighted by Gasteiger charge is 2.23. The van der Waals surface area contributed by atoms with Gasteiger partial charge in [-0.1, -0.05) is 23.7 Å². The summed E-state index contributed by atoms with van der Waals surface area (Å²) in [7, 11) is 0. The lowest BCUT2D eigenvalue weighted by molar-refractivity contribution is 0.136. The van der Waals surface area contributed by atoms with Crippen molar-refractivity contribution in [2.24, 2.45) is 0 Å². The summed E-state index contributed by atoms with van der Waals surface area (Å²) in [6.07, 6.45) is 0. The Hall–Kier alpha value is -2.57. The SMILES string of the molecule is Cc1cccc(NC(=O)N2CCN(Cc3nc4ccc(Cl)cc4o3)CC2)c1C. The first-order valence-corrected chi connectivity index (χ1v) is 9.77. The molecule has 0 unspecified atom stereocenters. The third-order valence-electron chi connectivity index (χ3n) is 5.26. The van der Waals surface area contributed by atoms with Gasteiger partial charge in [0.1, 0.15) is 5.52 Å². The molecule has 0 bridgehead atoms. The summed E-state index contributed by atoms with van der Waals surface area (Å²) in [6.45, 7) is 7.59. The fourth-order valence-electron chi connectivity index (χ4n) is 3.39. The Balaban J connectivity index is 1.33. The first-order valence-electron chi connectivity index (χ1n) is 9.39. The average molecular weight is 399 g/mol. The van der Waals surface area contributed by atoms with E-state index in [2.05, 4.69) is 15.2 Å². The lowest BCUT2D eigenvalue weighted by Crippen LogP contribution is -2.49. The van der Waals surface area contributed by atoms with Crippen LogP contribution in [0.1, 0.15) is 17.0 Å². The highest BCUT2D eigenvalue weighted by Crippen LogP contribution is 2.22. The number of anilines is 1. The minimum Gasteiger partial charge on any atom is -0.439 e. The first kappa shape index (κ1) is 18.8. The number of fused-ring (bicyclic) bond motifs is 1. The second kappa shape index (κ2) is 7.81. The predicted molar refractivity (Wildman–Crippen MR) is 111 cm³/mol. The Morgan fingerprint density at radius 1 is 1.18 bits per heavy atom. The molecule has 0 atom stereocenters. The van der Waals surface area contributed by atoms with Crippen molar-refractivity contribution in [2.45, 2.75) is 20.4 Å². The number of hydrogen-bond donors (Lipinski definition) is 1. The highest BCUT2D eigenvalue weighted by atomic mass is 35.5. The van der Waals surface area contributed by atoms with Gasteiger partial charge in [0.05, 0.1) is 6.54 Å². The monoisotopic (exact) mass is 398 g/mol. The van der Waals surface area contributed by atoms with Crippen molar-refractivity contribution < 1.29 is 9.21 Å². The Kier molecular flexibility index (Phi) is 5.24. The largest absolute Gasteiger partial charge is 0.439 e. The number of rotatable bonds is 3. The van der Waals surface area contributed by atoms with Gasteiger partial charge in [-0.25, -0.2) is 9.78 Å². The number of oxazole rings is 1. The summed E-state index contributed by atoms with van der Waals surface area (Å²) >= 11 is 6.00. The van der Waals surface area contributed by atoms with Gasteiger partial charge >= 0.3 is 6.03 Å². The zero-order valence-electron chi connectivity index (χ0n) is 16.0. The third kappa shape index (κ3) is 3.98. The molecule has 1 aliphatic heterocycles. The second-order valence-corrected chi connectivity index (χ2v) is 7.60. The molecule has 1 fully saturated rings. The lowest BCUT2D eigenvalue weighted by Gasteiger charge is -2.34. The van der Waals surface area contributed by atoms with Crippen molar-refractivity contribution in [3.63, 3.8) is 0 Å². The third-order valence-corrected chi connectivity index (χ3v) is 5.49. The number of amides is 2. The van der Waals surface area contributed by atoms with Crippen LogP contribution in [0.15, 0.2) is 40.8 Å². The standard InChI is InChI=1S/C21H23ClN4O2/c1-14-4-3-5-17(15(14)2)24-21(27)26-10-8-25(9-11-26)13-20-23-18-7-6-16(22)12-19(18)28-20/h3-7,12H,8-11,13H2,1-2H3,(H,24,27). The van der Waals surface area contributed by atoms with E-state index in [1.165, 1.54) is 5.56 Å². The Morgan fingerprint density at radius 3 is 2.75 bits per heavy atom. The van der Waals surface area contributed by atoms with Crippen molar-refractivity contribution in [2.75, 3.05) is 31.5 Å². The minimum absolute atomic E-state index is 0.0511. The minimum atomic E-state index is -0.0511. The number of benzene rings is 2. The number of aromatic nitrogens is 1. The Labute approximate surface area is 169 Å². The summed E-state index contributed by atoms with van der Waals surface area (Å²) < 4.78 is 5.80. The molecule has 0 radical (unpaired) electrons. The smallest absolute Gasteiger partial charge is 0.321 e. The van der Waals surface area contributed by atoms with Crippen LogP contribution in [0.3, 0.4) is 0 Å². The quantitative estimate of drug-likeness (QED) is 0.708. The molecule has 2 amide bonds. The fraction of sp³-hybridized carbons (Fsp3) is 0.333. The first-order chi connectivity index (χ1) is 13.5. The van der Waals surface area contributed by atoms with Gasteiger partial charge in [0.25, 0.3) is 0 Å². The van der Waals surface area contributed by atoms with Crippen LogP contribution in [0.2, 0.25) is 5.02 Å². The van der Waals surface area contributed by atoms with E-state index < -0.39 is 0 Å². The van der Waals surface area contributed by atoms with E-state index in [4.69, 9.17) is 16.0 Å². The van der Waals surface area contributed by atoms with E-state index in [1.807, 2.05) is 49.1 Å². The number of hydrogen-bond acceptors (Lipinski definition) is 4. The van der Waals surface area contributed by atoms with Gasteiger partial charge in [0.2, 0.25) is 5.89 Å². The summed E-state index contributed by atoms with van der Waals surface area (Å²) in [5.74, 6) is 0.672. The number of nitrogens with zero attached hydrogens (tertiary/aromatic N) is 3. The number of carbonyl (C=O) groups excluding carboxylic acids is 1. The van der Waals surface area contributed by atoms with Crippen LogP contribution in [0.4, 0.5) is 10.5 Å². The van der Waals surface area contributed by atoms with E-state index in [0.717, 1.165) is 29.9 Å². The molecule has 28 heavy (non-hydrogen) atoms. The number of carbonyl (C=O) groups is 1. The van der Waals surface area contributed by atoms with Crippen LogP contribution in [-0.4, -0.2) is 47.0 Å². The molecular formula is C21H23ClN4O2. The van der Waals surface area contributed by atoms with E-state index in [1.54, 1.807) is 6.07 Å². The van der Waals surface area contributed by atoms with Crippen LogP contribution in [0, 0.1) is 13.8 Å². The maximum Gasteiger partial charge on any atom is 0.321 e. The molecule has 3 aromatic rings. The molecule has 1 saturated heterocycles. The van der Waals surface area contributed by atoms with Gasteiger partial charge in [-0.2, -0.15) is 0 Å². The van der Waals surface area contributed by atoms with E-state index in [0.29, 0.717) is 36.1 Å². The maximum absolute atomic E-state index is 12.6. The molecule has 1 aromatic heterocycles. The number of nitrogens with one attached hydrogen (secondary N) is 1. The van der Waals surface area contributed by atoms with Crippen LogP contribution in [0.25, 0.3) is 11.1 Å². The molecular weight excluding hydrogens is 376 g/mol. The molecule has 0 spiro atoms.